The zero-order valence-corrected chi connectivity index (χ0v) is 16.1. The van der Waals surface area contributed by atoms with Gasteiger partial charge in [-0.15, -0.1) is 0 Å². The molecule has 25 heavy (non-hydrogen) atoms. The molecule has 1 aliphatic heterocycles. The summed E-state index contributed by atoms with van der Waals surface area (Å²) >= 11 is 1.74. The van der Waals surface area contributed by atoms with Crippen LogP contribution in [0, 0.1) is 17.2 Å². The molecule has 0 spiro atoms. The summed E-state index contributed by atoms with van der Waals surface area (Å²) in [7, 11) is 0. The molecule has 1 N–H and O–H groups in total. The third-order valence-corrected chi connectivity index (χ3v) is 6.09. The van der Waals surface area contributed by atoms with Crippen LogP contribution in [0.1, 0.15) is 50.3 Å². The minimum atomic E-state index is -0.367. The average molecular weight is 358 g/mol. The smallest absolute Gasteiger partial charge is 0.164 e. The number of amidine groups is 1. The fourth-order valence-electron chi connectivity index (χ4n) is 3.74. The van der Waals surface area contributed by atoms with Crippen molar-refractivity contribution < 1.29 is 5.11 Å². The fraction of sp³-hybridized carbons (Fsp3) is 0.600. The maximum Gasteiger partial charge on any atom is 0.164 e. The zero-order valence-electron chi connectivity index (χ0n) is 15.3. The average Bonchev–Trinajstić information content (AvgIpc) is 2.97. The van der Waals surface area contributed by atoms with E-state index in [1.807, 2.05) is 19.1 Å². The van der Waals surface area contributed by atoms with Gasteiger partial charge in [0.25, 0.3) is 0 Å². The number of rotatable bonds is 4. The molecule has 0 saturated carbocycles. The number of fused-ring (bicyclic) bond motifs is 1. The number of aliphatic hydroxyl groups excluding tert-OH is 1. The first-order valence-electron chi connectivity index (χ1n) is 9.22. The molecule has 0 bridgehead atoms. The molecule has 1 aliphatic carbocycles. The summed E-state index contributed by atoms with van der Waals surface area (Å²) in [5, 5.41) is 20.5. The van der Waals surface area contributed by atoms with Crippen LogP contribution >= 0.6 is 11.8 Å². The molecule has 0 aromatic heterocycles. The highest BCUT2D eigenvalue weighted by atomic mass is 32.2. The minimum absolute atomic E-state index is 0.125. The van der Waals surface area contributed by atoms with Gasteiger partial charge in [0.15, 0.2) is 5.17 Å². The fourth-order valence-corrected chi connectivity index (χ4v) is 5.06. The molecule has 5 heteroatoms. The van der Waals surface area contributed by atoms with Gasteiger partial charge < -0.3 is 10.0 Å². The van der Waals surface area contributed by atoms with E-state index in [0.29, 0.717) is 5.92 Å². The van der Waals surface area contributed by atoms with E-state index in [2.05, 4.69) is 24.8 Å². The van der Waals surface area contributed by atoms with Gasteiger partial charge in [-0.25, -0.2) is 4.99 Å². The highest BCUT2D eigenvalue weighted by Gasteiger charge is 2.34. The van der Waals surface area contributed by atoms with Gasteiger partial charge in [0.1, 0.15) is 0 Å². The van der Waals surface area contributed by atoms with Gasteiger partial charge in [0.05, 0.1) is 29.5 Å². The zero-order chi connectivity index (χ0) is 18.0. The van der Waals surface area contributed by atoms with Gasteiger partial charge in [-0.2, -0.15) is 5.26 Å². The summed E-state index contributed by atoms with van der Waals surface area (Å²) in [6, 6.07) is 6.38. The van der Waals surface area contributed by atoms with Crippen LogP contribution in [-0.2, 0) is 12.8 Å². The van der Waals surface area contributed by atoms with E-state index >= 15 is 0 Å². The third kappa shape index (κ3) is 3.86. The first kappa shape index (κ1) is 18.3. The monoisotopic (exact) mass is 357 g/mol. The summed E-state index contributed by atoms with van der Waals surface area (Å²) in [6.45, 7) is 7.16. The maximum absolute atomic E-state index is 10.1. The van der Waals surface area contributed by atoms with Gasteiger partial charge in [-0.05, 0) is 61.8 Å². The lowest BCUT2D eigenvalue weighted by molar-refractivity contribution is 0.111. The molecule has 134 valence electrons. The van der Waals surface area contributed by atoms with Crippen molar-refractivity contribution in [3.8, 4) is 6.07 Å². The lowest BCUT2D eigenvalue weighted by Gasteiger charge is -2.29. The summed E-state index contributed by atoms with van der Waals surface area (Å²) < 4.78 is 0. The van der Waals surface area contributed by atoms with Crippen molar-refractivity contribution in [2.24, 2.45) is 10.9 Å². The van der Waals surface area contributed by atoms with Crippen molar-refractivity contribution in [1.29, 1.82) is 5.26 Å². The summed E-state index contributed by atoms with van der Waals surface area (Å²) in [5.74, 6) is 1.39. The lowest BCUT2D eigenvalue weighted by atomic mass is 9.87. The van der Waals surface area contributed by atoms with Gasteiger partial charge in [0, 0.05) is 12.3 Å². The molecule has 0 unspecified atom stereocenters. The number of hydrogen-bond acceptors (Lipinski definition) is 4. The first-order valence-corrected chi connectivity index (χ1v) is 10.2. The lowest BCUT2D eigenvalue weighted by Crippen LogP contribution is -2.43. The van der Waals surface area contributed by atoms with E-state index in [1.165, 1.54) is 17.5 Å². The Hall–Kier alpha value is -1.51. The highest BCUT2D eigenvalue weighted by Crippen LogP contribution is 2.35. The number of aliphatic hydroxyl groups is 1. The Morgan fingerprint density at radius 3 is 2.64 bits per heavy atom. The van der Waals surface area contributed by atoms with Crippen LogP contribution in [-0.4, -0.2) is 39.6 Å². The van der Waals surface area contributed by atoms with Gasteiger partial charge in [-0.1, -0.05) is 25.6 Å². The second-order valence-electron chi connectivity index (χ2n) is 7.47. The molecular weight excluding hydrogens is 330 g/mol. The van der Waals surface area contributed by atoms with Crippen molar-refractivity contribution in [3.63, 3.8) is 0 Å². The van der Waals surface area contributed by atoms with Crippen LogP contribution in [0.5, 0.6) is 0 Å². The Labute approximate surface area is 154 Å². The quantitative estimate of drug-likeness (QED) is 0.888. The number of benzene rings is 1. The summed E-state index contributed by atoms with van der Waals surface area (Å²) in [4.78, 5) is 7.27. The molecule has 1 aromatic rings. The molecule has 2 aliphatic rings. The predicted molar refractivity (Wildman–Crippen MR) is 104 cm³/mol. The van der Waals surface area contributed by atoms with Gasteiger partial charge in [-0.3, -0.25) is 0 Å². The van der Waals surface area contributed by atoms with Crippen molar-refractivity contribution in [2.45, 2.75) is 58.6 Å². The number of hydrogen-bond donors (Lipinski definition) is 1. The predicted octanol–water partition coefficient (Wildman–Crippen LogP) is 3.88. The Morgan fingerprint density at radius 2 is 2.00 bits per heavy atom. The molecule has 1 saturated heterocycles. The van der Waals surface area contributed by atoms with E-state index in [9.17, 15) is 10.4 Å². The van der Waals surface area contributed by atoms with E-state index in [1.54, 1.807) is 11.8 Å². The molecule has 4 nitrogen and oxygen atoms in total. The van der Waals surface area contributed by atoms with E-state index in [4.69, 9.17) is 4.99 Å². The maximum atomic E-state index is 10.1. The molecular formula is C20H27N3OS. The normalized spacial score (nSPS) is 23.0. The highest BCUT2D eigenvalue weighted by molar-refractivity contribution is 8.14. The minimum Gasteiger partial charge on any atom is -0.391 e. The van der Waals surface area contributed by atoms with Crippen LogP contribution in [0.2, 0.25) is 0 Å². The molecule has 1 heterocycles. The second kappa shape index (κ2) is 7.80. The Kier molecular flexibility index (Phi) is 5.71. The van der Waals surface area contributed by atoms with E-state index in [0.717, 1.165) is 48.0 Å². The third-order valence-electron chi connectivity index (χ3n) is 4.99. The van der Waals surface area contributed by atoms with Crippen LogP contribution < -0.4 is 0 Å². The second-order valence-corrected chi connectivity index (χ2v) is 8.45. The van der Waals surface area contributed by atoms with Crippen molar-refractivity contribution in [1.82, 2.24) is 4.90 Å². The van der Waals surface area contributed by atoms with Gasteiger partial charge in [0.2, 0.25) is 0 Å². The van der Waals surface area contributed by atoms with Crippen molar-refractivity contribution in [2.75, 3.05) is 12.3 Å². The van der Waals surface area contributed by atoms with Crippen LogP contribution in [0.25, 0.3) is 0 Å². The van der Waals surface area contributed by atoms with Crippen molar-refractivity contribution >= 4 is 22.6 Å². The summed E-state index contributed by atoms with van der Waals surface area (Å²) in [6.07, 6.45) is 3.94. The largest absolute Gasteiger partial charge is 0.391 e. The topological polar surface area (TPSA) is 59.6 Å². The molecule has 1 fully saturated rings. The number of thioether (sulfide) groups is 1. The van der Waals surface area contributed by atoms with Gasteiger partial charge >= 0.3 is 0 Å². The summed E-state index contributed by atoms with van der Waals surface area (Å²) in [5.41, 5.74) is 4.26. The Bertz CT molecular complexity index is 706. The molecule has 0 radical (unpaired) electrons. The Balaban J connectivity index is 1.98. The number of nitrogens with zero attached hydrogens (tertiary/aromatic N) is 3. The van der Waals surface area contributed by atoms with Crippen LogP contribution in [0.3, 0.4) is 0 Å². The first-order chi connectivity index (χ1) is 12.0. The SMILES string of the molecule is CC(C)CN1C(=Nc2ccc(C#N)c3c2CCCC3)SC[C@H]1[C@@H](C)O. The van der Waals surface area contributed by atoms with Crippen LogP contribution in [0.4, 0.5) is 5.69 Å². The molecule has 0 amide bonds. The molecule has 3 rings (SSSR count). The van der Waals surface area contributed by atoms with E-state index < -0.39 is 0 Å². The molecule has 1 aromatic carbocycles. The van der Waals surface area contributed by atoms with Crippen molar-refractivity contribution in [3.05, 3.63) is 28.8 Å². The standard InChI is InChI=1S/C20H27N3OS/c1-13(2)11-23-19(14(3)24)12-25-20(23)22-18-9-8-15(10-21)16-6-4-5-7-17(16)18/h8-9,13-14,19,24H,4-7,11-12H2,1-3H3/t14-,19+/m1/s1. The van der Waals surface area contributed by atoms with E-state index in [-0.39, 0.29) is 12.1 Å². The van der Waals surface area contributed by atoms with Crippen LogP contribution in [0.15, 0.2) is 17.1 Å². The Morgan fingerprint density at radius 1 is 1.28 bits per heavy atom. The number of aliphatic imine (C=N–C) groups is 1. The number of nitriles is 1. The molecule has 2 atom stereocenters.